The van der Waals surface area contributed by atoms with Gasteiger partial charge in [-0.1, -0.05) is 30.0 Å². The van der Waals surface area contributed by atoms with Gasteiger partial charge in [0.1, 0.15) is 0 Å². The van der Waals surface area contributed by atoms with Crippen LogP contribution in [0.3, 0.4) is 0 Å². The van der Waals surface area contributed by atoms with Crippen molar-refractivity contribution in [2.45, 2.75) is 13.8 Å². The zero-order chi connectivity index (χ0) is 8.97. The molecule has 2 N–H and O–H groups in total. The van der Waals surface area contributed by atoms with Crippen LogP contribution in [0.2, 0.25) is 0 Å². The Hall–Kier alpha value is -1.26. The number of rotatable bonds is 0. The molecule has 0 radical (unpaired) electrons. The van der Waals surface area contributed by atoms with Gasteiger partial charge in [-0.3, -0.25) is 0 Å². The largest absolute Gasteiger partial charge is 0.320 e. The monoisotopic (exact) mass is 159 g/mol. The van der Waals surface area contributed by atoms with Crippen LogP contribution in [0.25, 0.3) is 0 Å². The highest BCUT2D eigenvalue weighted by Crippen LogP contribution is 2.10. The third kappa shape index (κ3) is 1.87. The molecule has 0 aliphatic rings. The van der Waals surface area contributed by atoms with Crippen LogP contribution in [-0.4, -0.2) is 6.54 Å². The molecule has 1 rings (SSSR count). The third-order valence-electron chi connectivity index (χ3n) is 1.80. The molecular weight excluding hydrogens is 146 g/mol. The zero-order valence-corrected chi connectivity index (χ0v) is 7.52. The summed E-state index contributed by atoms with van der Waals surface area (Å²) >= 11 is 0. The first kappa shape index (κ1) is 8.83. The van der Waals surface area contributed by atoms with E-state index in [1.807, 2.05) is 6.07 Å². The minimum Gasteiger partial charge on any atom is -0.320 e. The molecule has 62 valence electrons. The summed E-state index contributed by atoms with van der Waals surface area (Å²) in [6.07, 6.45) is 0. The Morgan fingerprint density at radius 2 is 1.83 bits per heavy atom. The number of aryl methyl sites for hydroxylation is 2. The standard InChI is InChI=1S/C11H13N/c1-9-5-3-6-10(2)11(9)7-4-8-12/h3,5-6H,8,12H2,1-2H3. The van der Waals surface area contributed by atoms with Crippen LogP contribution < -0.4 is 5.73 Å². The topological polar surface area (TPSA) is 26.0 Å². The maximum absolute atomic E-state index is 5.30. The summed E-state index contributed by atoms with van der Waals surface area (Å²) in [5.74, 6) is 5.93. The van der Waals surface area contributed by atoms with E-state index in [0.717, 1.165) is 5.56 Å². The number of nitrogens with two attached hydrogens (primary N) is 1. The van der Waals surface area contributed by atoms with Crippen molar-refractivity contribution in [3.05, 3.63) is 34.9 Å². The Kier molecular flexibility index (Phi) is 2.90. The van der Waals surface area contributed by atoms with E-state index in [2.05, 4.69) is 37.8 Å². The van der Waals surface area contributed by atoms with Crippen LogP contribution in [-0.2, 0) is 0 Å². The van der Waals surface area contributed by atoms with Gasteiger partial charge in [-0.15, -0.1) is 0 Å². The maximum atomic E-state index is 5.30. The van der Waals surface area contributed by atoms with Gasteiger partial charge >= 0.3 is 0 Å². The minimum atomic E-state index is 0.424. The van der Waals surface area contributed by atoms with Gasteiger partial charge in [0.25, 0.3) is 0 Å². The van der Waals surface area contributed by atoms with E-state index in [0.29, 0.717) is 6.54 Å². The van der Waals surface area contributed by atoms with Crippen molar-refractivity contribution >= 4 is 0 Å². The normalized spacial score (nSPS) is 8.92. The van der Waals surface area contributed by atoms with E-state index in [9.17, 15) is 0 Å². The second-order valence-corrected chi connectivity index (χ2v) is 2.77. The zero-order valence-electron chi connectivity index (χ0n) is 7.52. The highest BCUT2D eigenvalue weighted by atomic mass is 14.5. The fourth-order valence-corrected chi connectivity index (χ4v) is 1.15. The summed E-state index contributed by atoms with van der Waals surface area (Å²) < 4.78 is 0. The maximum Gasteiger partial charge on any atom is 0.0555 e. The summed E-state index contributed by atoms with van der Waals surface area (Å²) in [5.41, 5.74) is 8.85. The van der Waals surface area contributed by atoms with Crippen molar-refractivity contribution in [2.75, 3.05) is 6.54 Å². The Morgan fingerprint density at radius 3 is 2.33 bits per heavy atom. The van der Waals surface area contributed by atoms with Crippen molar-refractivity contribution in [2.24, 2.45) is 5.73 Å². The molecule has 12 heavy (non-hydrogen) atoms. The Morgan fingerprint density at radius 1 is 1.25 bits per heavy atom. The second kappa shape index (κ2) is 3.94. The van der Waals surface area contributed by atoms with Crippen LogP contribution in [0.5, 0.6) is 0 Å². The van der Waals surface area contributed by atoms with Gasteiger partial charge in [-0.25, -0.2) is 0 Å². The summed E-state index contributed by atoms with van der Waals surface area (Å²) in [7, 11) is 0. The van der Waals surface area contributed by atoms with E-state index < -0.39 is 0 Å². The van der Waals surface area contributed by atoms with Crippen molar-refractivity contribution in [3.63, 3.8) is 0 Å². The Labute approximate surface area is 73.6 Å². The molecule has 1 aromatic rings. The average molecular weight is 159 g/mol. The van der Waals surface area contributed by atoms with Gasteiger partial charge in [0.05, 0.1) is 6.54 Å². The molecule has 0 unspecified atom stereocenters. The predicted octanol–water partition coefficient (Wildman–Crippen LogP) is 1.61. The van der Waals surface area contributed by atoms with Crippen LogP contribution in [0, 0.1) is 25.7 Å². The first-order valence-electron chi connectivity index (χ1n) is 4.01. The molecule has 0 atom stereocenters. The van der Waals surface area contributed by atoms with Gasteiger partial charge in [0.2, 0.25) is 0 Å². The minimum absolute atomic E-state index is 0.424. The molecule has 0 fully saturated rings. The third-order valence-corrected chi connectivity index (χ3v) is 1.80. The van der Waals surface area contributed by atoms with Gasteiger partial charge in [-0.2, -0.15) is 0 Å². The van der Waals surface area contributed by atoms with E-state index >= 15 is 0 Å². The lowest BCUT2D eigenvalue weighted by atomic mass is 10.0. The second-order valence-electron chi connectivity index (χ2n) is 2.77. The summed E-state index contributed by atoms with van der Waals surface area (Å²) in [4.78, 5) is 0. The van der Waals surface area contributed by atoms with Crippen LogP contribution >= 0.6 is 0 Å². The first-order valence-corrected chi connectivity index (χ1v) is 4.01. The summed E-state index contributed by atoms with van der Waals surface area (Å²) in [6, 6.07) is 6.17. The molecule has 0 aliphatic carbocycles. The lowest BCUT2D eigenvalue weighted by molar-refractivity contribution is 1.29. The Bertz CT molecular complexity index is 308. The highest BCUT2D eigenvalue weighted by molar-refractivity contribution is 5.46. The van der Waals surface area contributed by atoms with E-state index in [4.69, 9.17) is 5.73 Å². The smallest absolute Gasteiger partial charge is 0.0555 e. The summed E-state index contributed by atoms with van der Waals surface area (Å²) in [5, 5.41) is 0. The molecule has 0 aromatic heterocycles. The number of hydrogen-bond donors (Lipinski definition) is 1. The number of benzene rings is 1. The highest BCUT2D eigenvalue weighted by Gasteiger charge is 1.96. The van der Waals surface area contributed by atoms with E-state index in [1.165, 1.54) is 11.1 Å². The molecule has 1 nitrogen and oxygen atoms in total. The van der Waals surface area contributed by atoms with E-state index in [-0.39, 0.29) is 0 Å². The lowest BCUT2D eigenvalue weighted by Gasteiger charge is -2.00. The van der Waals surface area contributed by atoms with Crippen molar-refractivity contribution in [1.29, 1.82) is 0 Å². The SMILES string of the molecule is Cc1cccc(C)c1C#CCN. The molecule has 0 saturated carbocycles. The fourth-order valence-electron chi connectivity index (χ4n) is 1.15. The van der Waals surface area contributed by atoms with Gasteiger partial charge in [0, 0.05) is 5.56 Å². The van der Waals surface area contributed by atoms with Crippen molar-refractivity contribution < 1.29 is 0 Å². The molecule has 0 saturated heterocycles. The van der Waals surface area contributed by atoms with Gasteiger partial charge in [0.15, 0.2) is 0 Å². The summed E-state index contributed by atoms with van der Waals surface area (Å²) in [6.45, 7) is 4.55. The molecule has 1 aromatic carbocycles. The molecule has 1 heteroatoms. The lowest BCUT2D eigenvalue weighted by Crippen LogP contribution is -1.94. The molecule has 0 amide bonds. The average Bonchev–Trinajstić information content (AvgIpc) is 2.04. The molecular formula is C11H13N. The first-order chi connectivity index (χ1) is 5.75. The van der Waals surface area contributed by atoms with Gasteiger partial charge < -0.3 is 5.73 Å². The van der Waals surface area contributed by atoms with Crippen LogP contribution in [0.15, 0.2) is 18.2 Å². The molecule has 0 bridgehead atoms. The van der Waals surface area contributed by atoms with Gasteiger partial charge in [-0.05, 0) is 25.0 Å². The van der Waals surface area contributed by atoms with Crippen molar-refractivity contribution in [1.82, 2.24) is 0 Å². The van der Waals surface area contributed by atoms with Crippen molar-refractivity contribution in [3.8, 4) is 11.8 Å². The van der Waals surface area contributed by atoms with Crippen LogP contribution in [0.1, 0.15) is 16.7 Å². The van der Waals surface area contributed by atoms with Crippen LogP contribution in [0.4, 0.5) is 0 Å². The Balaban J connectivity index is 3.13. The molecule has 0 aliphatic heterocycles. The van der Waals surface area contributed by atoms with E-state index in [1.54, 1.807) is 0 Å². The fraction of sp³-hybridized carbons (Fsp3) is 0.273. The number of hydrogen-bond acceptors (Lipinski definition) is 1. The molecule has 0 heterocycles. The quantitative estimate of drug-likeness (QED) is 0.572. The molecule has 0 spiro atoms. The predicted molar refractivity (Wildman–Crippen MR) is 51.8 cm³/mol.